The first-order valence-electron chi connectivity index (χ1n) is 12.9. The van der Waals surface area contributed by atoms with Crippen LogP contribution in [0.1, 0.15) is 35.6 Å². The minimum Gasteiger partial charge on any atom is -0.354 e. The molecule has 0 saturated carbocycles. The van der Waals surface area contributed by atoms with Crippen LogP contribution in [0.4, 0.5) is 5.69 Å². The summed E-state index contributed by atoms with van der Waals surface area (Å²) >= 11 is 3.44. The number of amides is 2. The van der Waals surface area contributed by atoms with Gasteiger partial charge >= 0.3 is 0 Å². The van der Waals surface area contributed by atoms with Gasteiger partial charge < -0.3 is 10.2 Å². The van der Waals surface area contributed by atoms with E-state index in [2.05, 4.69) is 21.2 Å². The van der Waals surface area contributed by atoms with Gasteiger partial charge in [-0.1, -0.05) is 71.4 Å². The van der Waals surface area contributed by atoms with Crippen molar-refractivity contribution in [1.29, 1.82) is 0 Å². The first kappa shape index (κ1) is 30.4. The number of hydrogen-bond acceptors (Lipinski definition) is 4. The number of aryl methyl sites for hydroxylation is 2. The average Bonchev–Trinajstić information content (AvgIpc) is 2.90. The summed E-state index contributed by atoms with van der Waals surface area (Å²) in [4.78, 5) is 29.0. The molecule has 1 N–H and O–H groups in total. The van der Waals surface area contributed by atoms with E-state index in [1.807, 2.05) is 81.4 Å². The monoisotopic (exact) mass is 613 g/mol. The second kappa shape index (κ2) is 13.8. The van der Waals surface area contributed by atoms with Gasteiger partial charge in [0.1, 0.15) is 12.6 Å². The van der Waals surface area contributed by atoms with Gasteiger partial charge in [0.2, 0.25) is 21.8 Å². The first-order chi connectivity index (χ1) is 18.5. The maximum Gasteiger partial charge on any atom is 0.244 e. The van der Waals surface area contributed by atoms with Crippen LogP contribution in [-0.2, 0) is 32.6 Å². The lowest BCUT2D eigenvalue weighted by molar-refractivity contribution is -0.140. The number of carbonyl (C=O) groups excluding carboxylic acids is 2. The van der Waals surface area contributed by atoms with Gasteiger partial charge in [-0.2, -0.15) is 0 Å². The summed E-state index contributed by atoms with van der Waals surface area (Å²) in [6.07, 6.45) is 2.13. The highest BCUT2D eigenvalue weighted by molar-refractivity contribution is 9.10. The minimum absolute atomic E-state index is 0.147. The van der Waals surface area contributed by atoms with E-state index in [0.29, 0.717) is 18.7 Å². The molecule has 3 aromatic rings. The lowest BCUT2D eigenvalue weighted by Crippen LogP contribution is -2.53. The number of nitrogens with zero attached hydrogens (tertiary/aromatic N) is 2. The van der Waals surface area contributed by atoms with E-state index in [1.165, 1.54) is 4.90 Å². The third-order valence-electron chi connectivity index (χ3n) is 6.54. The maximum absolute atomic E-state index is 14.0. The molecule has 0 spiro atoms. The van der Waals surface area contributed by atoms with E-state index in [1.54, 1.807) is 12.1 Å². The predicted molar refractivity (Wildman–Crippen MR) is 160 cm³/mol. The highest BCUT2D eigenvalue weighted by Gasteiger charge is 2.33. The van der Waals surface area contributed by atoms with Crippen LogP contribution in [0.2, 0.25) is 0 Å². The molecule has 0 heterocycles. The highest BCUT2D eigenvalue weighted by atomic mass is 79.9. The Morgan fingerprint density at radius 1 is 0.923 bits per heavy atom. The summed E-state index contributed by atoms with van der Waals surface area (Å²) in [6, 6.07) is 21.5. The summed E-state index contributed by atoms with van der Waals surface area (Å²) in [7, 11) is -3.79. The molecule has 208 valence electrons. The Morgan fingerprint density at radius 2 is 1.59 bits per heavy atom. The molecule has 0 radical (unpaired) electrons. The molecule has 7 nitrogen and oxygen atoms in total. The number of carbonyl (C=O) groups is 2. The van der Waals surface area contributed by atoms with Crippen LogP contribution in [0.15, 0.2) is 77.3 Å². The van der Waals surface area contributed by atoms with E-state index >= 15 is 0 Å². The zero-order chi connectivity index (χ0) is 28.6. The summed E-state index contributed by atoms with van der Waals surface area (Å²) in [6.45, 7) is 6.00. The summed E-state index contributed by atoms with van der Waals surface area (Å²) in [5.41, 5.74) is 4.07. The lowest BCUT2D eigenvalue weighted by Gasteiger charge is -2.33. The van der Waals surface area contributed by atoms with Crippen molar-refractivity contribution in [1.82, 2.24) is 10.2 Å². The molecular weight excluding hydrogens is 578 g/mol. The highest BCUT2D eigenvalue weighted by Crippen LogP contribution is 2.23. The molecule has 1 unspecified atom stereocenters. The quantitative estimate of drug-likeness (QED) is 0.311. The Morgan fingerprint density at radius 3 is 2.18 bits per heavy atom. The third-order valence-corrected chi connectivity index (χ3v) is 8.21. The fraction of sp³-hybridized carbons (Fsp3) is 0.333. The molecule has 9 heteroatoms. The molecular formula is C30H36BrN3O4S. The Labute approximate surface area is 240 Å². The molecule has 39 heavy (non-hydrogen) atoms. The second-order valence-electron chi connectivity index (χ2n) is 9.68. The standard InChI is InChI=1S/C30H36BrN3O4S/c1-5-17-32-30(36)28(19-24-9-7-6-8-10-24)33(20-25-12-14-26(31)15-13-25)29(35)21-34(39(4,37)38)27-16-11-22(2)23(3)18-27/h6-16,18,28H,5,17,19-21H2,1-4H3,(H,32,36). The summed E-state index contributed by atoms with van der Waals surface area (Å²) in [5, 5.41) is 2.94. The van der Waals surface area contributed by atoms with Crippen molar-refractivity contribution in [2.75, 3.05) is 23.7 Å². The fourth-order valence-electron chi connectivity index (χ4n) is 4.20. The Hall–Kier alpha value is -3.17. The zero-order valence-electron chi connectivity index (χ0n) is 22.9. The SMILES string of the molecule is CCCNC(=O)C(Cc1ccccc1)N(Cc1ccc(Br)cc1)C(=O)CN(c1ccc(C)c(C)c1)S(C)(=O)=O. The Bertz CT molecular complexity index is 1380. The number of nitrogens with one attached hydrogen (secondary N) is 1. The molecule has 0 aromatic heterocycles. The van der Waals surface area contributed by atoms with Crippen LogP contribution in [-0.4, -0.2) is 50.5 Å². The number of halogens is 1. The number of benzene rings is 3. The average molecular weight is 615 g/mol. The van der Waals surface area contributed by atoms with Crippen LogP contribution in [0, 0.1) is 13.8 Å². The molecule has 0 saturated heterocycles. The molecule has 1 atom stereocenters. The number of rotatable bonds is 12. The number of hydrogen-bond donors (Lipinski definition) is 1. The van der Waals surface area contributed by atoms with Crippen molar-refractivity contribution >= 4 is 43.5 Å². The topological polar surface area (TPSA) is 86.8 Å². The van der Waals surface area contributed by atoms with Crippen molar-refractivity contribution in [2.45, 2.75) is 46.2 Å². The van der Waals surface area contributed by atoms with Crippen molar-refractivity contribution in [3.63, 3.8) is 0 Å². The first-order valence-corrected chi connectivity index (χ1v) is 15.5. The van der Waals surface area contributed by atoms with Crippen LogP contribution in [0.25, 0.3) is 0 Å². The number of anilines is 1. The molecule has 2 amide bonds. The van der Waals surface area contributed by atoms with Gasteiger partial charge in [-0.05, 0) is 66.8 Å². The van der Waals surface area contributed by atoms with E-state index < -0.39 is 28.5 Å². The molecule has 0 fully saturated rings. The minimum atomic E-state index is -3.79. The van der Waals surface area contributed by atoms with E-state index in [-0.39, 0.29) is 12.5 Å². The van der Waals surface area contributed by atoms with Gasteiger partial charge in [0.05, 0.1) is 11.9 Å². The van der Waals surface area contributed by atoms with Crippen molar-refractivity contribution in [2.24, 2.45) is 0 Å². The van der Waals surface area contributed by atoms with Gasteiger partial charge in [-0.15, -0.1) is 0 Å². The van der Waals surface area contributed by atoms with E-state index in [4.69, 9.17) is 0 Å². The van der Waals surface area contributed by atoms with Gasteiger partial charge in [0.15, 0.2) is 0 Å². The van der Waals surface area contributed by atoms with E-state index in [9.17, 15) is 18.0 Å². The lowest BCUT2D eigenvalue weighted by atomic mass is 10.0. The van der Waals surface area contributed by atoms with Gasteiger partial charge in [-0.3, -0.25) is 13.9 Å². The molecule has 0 aliphatic rings. The van der Waals surface area contributed by atoms with Crippen LogP contribution in [0.3, 0.4) is 0 Å². The largest absolute Gasteiger partial charge is 0.354 e. The summed E-state index contributed by atoms with van der Waals surface area (Å²) in [5.74, 6) is -0.739. The predicted octanol–water partition coefficient (Wildman–Crippen LogP) is 5.00. The second-order valence-corrected chi connectivity index (χ2v) is 12.5. The van der Waals surface area contributed by atoms with Crippen molar-refractivity contribution in [3.05, 3.63) is 99.5 Å². The van der Waals surface area contributed by atoms with Gasteiger partial charge in [0, 0.05) is 24.0 Å². The Kier molecular flexibility index (Phi) is 10.7. The number of sulfonamides is 1. The molecule has 3 aromatic carbocycles. The molecule has 0 aliphatic heterocycles. The van der Waals surface area contributed by atoms with Gasteiger partial charge in [0.25, 0.3) is 0 Å². The fourth-order valence-corrected chi connectivity index (χ4v) is 5.31. The molecule has 0 bridgehead atoms. The zero-order valence-corrected chi connectivity index (χ0v) is 25.3. The Balaban J connectivity index is 2.04. The molecule has 0 aliphatic carbocycles. The normalized spacial score (nSPS) is 12.0. The van der Waals surface area contributed by atoms with Crippen molar-refractivity contribution in [3.8, 4) is 0 Å². The van der Waals surface area contributed by atoms with E-state index in [0.717, 1.165) is 43.7 Å². The third kappa shape index (κ3) is 8.66. The van der Waals surface area contributed by atoms with Crippen LogP contribution >= 0.6 is 15.9 Å². The van der Waals surface area contributed by atoms with Crippen LogP contribution < -0.4 is 9.62 Å². The summed E-state index contributed by atoms with van der Waals surface area (Å²) < 4.78 is 27.8. The smallest absolute Gasteiger partial charge is 0.244 e. The molecule has 3 rings (SSSR count). The van der Waals surface area contributed by atoms with Crippen molar-refractivity contribution < 1.29 is 18.0 Å². The van der Waals surface area contributed by atoms with Gasteiger partial charge in [-0.25, -0.2) is 8.42 Å². The maximum atomic E-state index is 14.0. The van der Waals surface area contributed by atoms with Crippen LogP contribution in [0.5, 0.6) is 0 Å².